The molecule has 184 valence electrons. The summed E-state index contributed by atoms with van der Waals surface area (Å²) in [5.74, 6) is 3.66. The molecule has 1 amide bonds. The van der Waals surface area contributed by atoms with Crippen molar-refractivity contribution in [2.24, 2.45) is 4.99 Å². The number of nitrogens with zero attached hydrogens (tertiary/aromatic N) is 3. The number of aromatic nitrogens is 1. The first-order chi connectivity index (χ1) is 16.8. The van der Waals surface area contributed by atoms with E-state index in [2.05, 4.69) is 10.9 Å². The zero-order chi connectivity index (χ0) is 25.2. The lowest BCUT2D eigenvalue weighted by molar-refractivity contribution is -0.121. The molecule has 11 heteroatoms. The Morgan fingerprint density at radius 3 is 2.46 bits per heavy atom. The van der Waals surface area contributed by atoms with E-state index >= 15 is 0 Å². The second kappa shape index (κ2) is 10.1. The van der Waals surface area contributed by atoms with Crippen LogP contribution in [0.3, 0.4) is 0 Å². The van der Waals surface area contributed by atoms with E-state index in [-0.39, 0.29) is 18.0 Å². The number of carbonyl (C=O) groups excluding carboxylic acids is 1. The molecule has 1 aromatic heterocycles. The van der Waals surface area contributed by atoms with Gasteiger partial charge in [-0.1, -0.05) is 17.3 Å². The van der Waals surface area contributed by atoms with Crippen LogP contribution < -0.4 is 19.0 Å². The van der Waals surface area contributed by atoms with Crippen LogP contribution >= 0.6 is 11.3 Å². The van der Waals surface area contributed by atoms with Crippen LogP contribution in [0.4, 0.5) is 0 Å². The Hall–Kier alpha value is -3.33. The van der Waals surface area contributed by atoms with Gasteiger partial charge in [0, 0.05) is 18.7 Å². The normalized spacial score (nSPS) is 16.9. The number of hydrogen-bond donors (Lipinski definition) is 0. The lowest BCUT2D eigenvalue weighted by Crippen LogP contribution is -2.40. The third-order valence-corrected chi connectivity index (χ3v) is 8.76. The summed E-state index contributed by atoms with van der Waals surface area (Å²) in [6, 6.07) is 8.78. The molecule has 35 heavy (non-hydrogen) atoms. The Morgan fingerprint density at radius 1 is 1.14 bits per heavy atom. The van der Waals surface area contributed by atoms with Crippen LogP contribution in [0.1, 0.15) is 12.8 Å². The molecule has 0 radical (unpaired) electrons. The Kier molecular flexibility index (Phi) is 7.16. The highest BCUT2D eigenvalue weighted by Crippen LogP contribution is 2.33. The number of hydrogen-bond acceptors (Lipinski definition) is 7. The summed E-state index contributed by atoms with van der Waals surface area (Å²) in [5, 5.41) is 0. The van der Waals surface area contributed by atoms with Gasteiger partial charge < -0.3 is 18.8 Å². The Labute approximate surface area is 207 Å². The van der Waals surface area contributed by atoms with Crippen LogP contribution in [-0.2, 0) is 21.4 Å². The molecule has 1 fully saturated rings. The number of ether oxygens (including phenoxy) is 3. The number of carbonyl (C=O) groups is 1. The first kappa shape index (κ1) is 24.8. The first-order valence-electron chi connectivity index (χ1n) is 10.8. The fourth-order valence-electron chi connectivity index (χ4n) is 4.05. The van der Waals surface area contributed by atoms with Gasteiger partial charge in [-0.2, -0.15) is 9.30 Å². The molecule has 4 rings (SSSR count). The molecule has 3 aromatic rings. The third-order valence-electron chi connectivity index (χ3n) is 5.80. The number of fused-ring (bicyclic) bond motifs is 1. The first-order valence-corrected chi connectivity index (χ1v) is 13.0. The van der Waals surface area contributed by atoms with E-state index in [0.717, 1.165) is 10.2 Å². The minimum absolute atomic E-state index is 0.0986. The van der Waals surface area contributed by atoms with Crippen LogP contribution in [-0.4, -0.2) is 57.1 Å². The lowest BCUT2D eigenvalue weighted by Gasteiger charge is -2.21. The smallest absolute Gasteiger partial charge is 0.266 e. The summed E-state index contributed by atoms with van der Waals surface area (Å²) in [5.41, 5.74) is 0.742. The van der Waals surface area contributed by atoms with Crippen molar-refractivity contribution in [1.29, 1.82) is 0 Å². The number of amides is 1. The fraction of sp³-hybridized carbons (Fsp3) is 0.333. The van der Waals surface area contributed by atoms with E-state index in [1.165, 1.54) is 42.0 Å². The number of thiazole rings is 1. The highest BCUT2D eigenvalue weighted by atomic mass is 32.2. The maximum Gasteiger partial charge on any atom is 0.266 e. The second-order valence-corrected chi connectivity index (χ2v) is 10.6. The topological polar surface area (TPSA) is 99.4 Å². The zero-order valence-electron chi connectivity index (χ0n) is 19.6. The van der Waals surface area contributed by atoms with Crippen LogP contribution in [0.2, 0.25) is 0 Å². The summed E-state index contributed by atoms with van der Waals surface area (Å²) in [6.07, 6.45) is 6.53. The molecule has 0 spiro atoms. The van der Waals surface area contributed by atoms with Crippen molar-refractivity contribution >= 4 is 37.5 Å². The summed E-state index contributed by atoms with van der Waals surface area (Å²) >= 11 is 1.27. The standard InChI is InChI=1S/C24H25N3O6S2/c1-5-12-26-19-14-20(32-3)21(33-4)15-22(19)34-24(26)25-23(28)18-7-6-13-27(18)35(29,30)17-10-8-16(31-2)9-11-17/h1,8-11,14-15,18H,6-7,12-13H2,2-4H3. The monoisotopic (exact) mass is 515 g/mol. The molecule has 1 saturated heterocycles. The van der Waals surface area contributed by atoms with Gasteiger partial charge in [-0.3, -0.25) is 4.79 Å². The van der Waals surface area contributed by atoms with Crippen molar-refractivity contribution in [1.82, 2.24) is 8.87 Å². The number of terminal acetylenes is 1. The molecule has 1 atom stereocenters. The molecule has 1 aliphatic heterocycles. The van der Waals surface area contributed by atoms with Crippen molar-refractivity contribution in [3.63, 3.8) is 0 Å². The number of rotatable bonds is 7. The van der Waals surface area contributed by atoms with Crippen LogP contribution in [0.25, 0.3) is 10.2 Å². The summed E-state index contributed by atoms with van der Waals surface area (Å²) in [7, 11) is 0.699. The van der Waals surface area contributed by atoms with E-state index in [9.17, 15) is 13.2 Å². The predicted molar refractivity (Wildman–Crippen MR) is 132 cm³/mol. The van der Waals surface area contributed by atoms with Gasteiger partial charge in [0.05, 0.1) is 43.0 Å². The van der Waals surface area contributed by atoms with Gasteiger partial charge in [0.1, 0.15) is 11.8 Å². The zero-order valence-corrected chi connectivity index (χ0v) is 21.2. The average Bonchev–Trinajstić information content (AvgIpc) is 3.49. The SMILES string of the molecule is C#CCn1c(=NC(=O)C2CCCN2S(=O)(=O)c2ccc(OC)cc2)sc2cc(OC)c(OC)cc21. The Morgan fingerprint density at radius 2 is 1.83 bits per heavy atom. The summed E-state index contributed by atoms with van der Waals surface area (Å²) in [4.78, 5) is 18.1. The quantitative estimate of drug-likeness (QED) is 0.449. The lowest BCUT2D eigenvalue weighted by atomic mass is 10.2. The van der Waals surface area contributed by atoms with Gasteiger partial charge >= 0.3 is 0 Å². The van der Waals surface area contributed by atoms with Gasteiger partial charge in [0.2, 0.25) is 10.0 Å². The van der Waals surface area contributed by atoms with Crippen molar-refractivity contribution in [3.8, 4) is 29.6 Å². The number of benzene rings is 2. The van der Waals surface area contributed by atoms with Crippen LogP contribution in [0, 0.1) is 12.3 Å². The highest BCUT2D eigenvalue weighted by Gasteiger charge is 2.39. The van der Waals surface area contributed by atoms with E-state index in [1.54, 1.807) is 35.9 Å². The molecule has 9 nitrogen and oxygen atoms in total. The van der Waals surface area contributed by atoms with Crippen molar-refractivity contribution in [2.45, 2.75) is 30.3 Å². The molecular weight excluding hydrogens is 490 g/mol. The molecule has 2 aromatic carbocycles. The van der Waals surface area contributed by atoms with Crippen LogP contribution in [0.15, 0.2) is 46.3 Å². The van der Waals surface area contributed by atoms with Gasteiger partial charge in [-0.05, 0) is 37.1 Å². The molecule has 0 aliphatic carbocycles. The number of sulfonamides is 1. The number of methoxy groups -OCH3 is 3. The predicted octanol–water partition coefficient (Wildman–Crippen LogP) is 2.64. The van der Waals surface area contributed by atoms with Crippen molar-refractivity contribution in [3.05, 3.63) is 41.2 Å². The Balaban J connectivity index is 1.73. The van der Waals surface area contributed by atoms with E-state index in [4.69, 9.17) is 20.6 Å². The molecule has 0 bridgehead atoms. The van der Waals surface area contributed by atoms with Gasteiger partial charge in [-0.25, -0.2) is 8.42 Å². The molecule has 1 unspecified atom stereocenters. The maximum atomic E-state index is 13.3. The van der Waals surface area contributed by atoms with E-state index < -0.39 is 22.0 Å². The molecule has 0 N–H and O–H groups in total. The second-order valence-electron chi connectivity index (χ2n) is 7.75. The average molecular weight is 516 g/mol. The minimum atomic E-state index is -3.89. The van der Waals surface area contributed by atoms with Crippen LogP contribution in [0.5, 0.6) is 17.2 Å². The minimum Gasteiger partial charge on any atom is -0.497 e. The molecule has 0 saturated carbocycles. The summed E-state index contributed by atoms with van der Waals surface area (Å²) in [6.45, 7) is 0.422. The fourth-order valence-corrected chi connectivity index (χ4v) is 6.75. The van der Waals surface area contributed by atoms with Crippen molar-refractivity contribution in [2.75, 3.05) is 27.9 Å². The van der Waals surface area contributed by atoms with Gasteiger partial charge in [0.15, 0.2) is 16.3 Å². The molecule has 2 heterocycles. The summed E-state index contributed by atoms with van der Waals surface area (Å²) < 4.78 is 46.2. The highest BCUT2D eigenvalue weighted by molar-refractivity contribution is 7.89. The third kappa shape index (κ3) is 4.65. The van der Waals surface area contributed by atoms with E-state index in [0.29, 0.717) is 34.9 Å². The van der Waals surface area contributed by atoms with E-state index in [1.807, 2.05) is 0 Å². The Bertz CT molecular complexity index is 1470. The maximum absolute atomic E-state index is 13.3. The van der Waals surface area contributed by atoms with Crippen molar-refractivity contribution < 1.29 is 27.4 Å². The molecule has 1 aliphatic rings. The van der Waals surface area contributed by atoms with Gasteiger partial charge in [0.25, 0.3) is 5.91 Å². The largest absolute Gasteiger partial charge is 0.497 e. The van der Waals surface area contributed by atoms with Gasteiger partial charge in [-0.15, -0.1) is 6.42 Å². The molecular formula is C24H25N3O6S2.